The highest BCUT2D eigenvalue weighted by molar-refractivity contribution is 5.81. The number of hydrogen-bond acceptors (Lipinski definition) is 2. The van der Waals surface area contributed by atoms with Gasteiger partial charge in [-0.1, -0.05) is 20.8 Å². The summed E-state index contributed by atoms with van der Waals surface area (Å²) in [7, 11) is 0. The van der Waals surface area contributed by atoms with Gasteiger partial charge in [0.25, 0.3) is 0 Å². The van der Waals surface area contributed by atoms with Crippen LogP contribution in [0.25, 0.3) is 0 Å². The van der Waals surface area contributed by atoms with Crippen molar-refractivity contribution in [3.63, 3.8) is 0 Å². The van der Waals surface area contributed by atoms with Crippen LogP contribution in [0.5, 0.6) is 0 Å². The number of ether oxygens (including phenoxy) is 1. The number of piperidine rings is 1. The van der Waals surface area contributed by atoms with E-state index in [0.717, 1.165) is 12.8 Å². The number of likely N-dealkylation sites (tertiary alicyclic amines) is 1. The smallest absolute Gasteiger partial charge is 0.227 e. The van der Waals surface area contributed by atoms with Crippen molar-refractivity contribution in [1.29, 1.82) is 0 Å². The zero-order chi connectivity index (χ0) is 12.3. The highest BCUT2D eigenvalue weighted by atomic mass is 19.1. The third-order valence-corrected chi connectivity index (χ3v) is 2.75. The molecule has 0 bridgehead atoms. The molecule has 94 valence electrons. The van der Waals surface area contributed by atoms with Gasteiger partial charge in [0.2, 0.25) is 5.91 Å². The summed E-state index contributed by atoms with van der Waals surface area (Å²) < 4.78 is 17.7. The zero-order valence-corrected chi connectivity index (χ0v) is 10.6. The van der Waals surface area contributed by atoms with Crippen molar-refractivity contribution in [2.75, 3.05) is 13.1 Å². The Morgan fingerprint density at radius 1 is 1.38 bits per heavy atom. The minimum Gasteiger partial charge on any atom is -0.345 e. The van der Waals surface area contributed by atoms with Gasteiger partial charge in [0, 0.05) is 18.5 Å². The molecule has 1 rings (SSSR count). The molecule has 4 heteroatoms. The first kappa shape index (κ1) is 13.4. The molecule has 0 aromatic heterocycles. The summed E-state index contributed by atoms with van der Waals surface area (Å²) in [5, 5.41) is 0. The summed E-state index contributed by atoms with van der Waals surface area (Å²) in [5.41, 5.74) is -0.332. The molecule has 1 unspecified atom stereocenters. The number of nitrogens with zero attached hydrogens (tertiary/aromatic N) is 1. The molecule has 1 aliphatic heterocycles. The summed E-state index contributed by atoms with van der Waals surface area (Å²) >= 11 is 0. The van der Waals surface area contributed by atoms with Crippen LogP contribution in [0.4, 0.5) is 4.39 Å². The van der Waals surface area contributed by atoms with Crippen LogP contribution < -0.4 is 0 Å². The molecule has 16 heavy (non-hydrogen) atoms. The lowest BCUT2D eigenvalue weighted by atomic mass is 9.93. The Morgan fingerprint density at radius 2 is 1.88 bits per heavy atom. The average Bonchev–Trinajstić information content (AvgIpc) is 2.15. The number of carbonyl (C=O) groups excluding carboxylic acids is 1. The Hall–Kier alpha value is -0.640. The zero-order valence-electron chi connectivity index (χ0n) is 10.6. The molecule has 0 aliphatic carbocycles. The number of carbonyl (C=O) groups is 1. The lowest BCUT2D eigenvalue weighted by Gasteiger charge is -2.35. The fourth-order valence-electron chi connectivity index (χ4n) is 1.93. The molecule has 0 saturated carbocycles. The molecule has 3 nitrogen and oxygen atoms in total. The summed E-state index contributed by atoms with van der Waals surface area (Å²) in [4.78, 5) is 13.8. The van der Waals surface area contributed by atoms with Crippen molar-refractivity contribution in [3.05, 3.63) is 0 Å². The quantitative estimate of drug-likeness (QED) is 0.730. The van der Waals surface area contributed by atoms with Gasteiger partial charge in [-0.2, -0.15) is 0 Å². The highest BCUT2D eigenvalue weighted by Crippen LogP contribution is 2.22. The average molecular weight is 231 g/mol. The third-order valence-electron chi connectivity index (χ3n) is 2.75. The van der Waals surface area contributed by atoms with Crippen molar-refractivity contribution in [1.82, 2.24) is 4.90 Å². The van der Waals surface area contributed by atoms with Gasteiger partial charge in [0.1, 0.15) is 0 Å². The highest BCUT2D eigenvalue weighted by Gasteiger charge is 2.30. The van der Waals surface area contributed by atoms with E-state index in [0.29, 0.717) is 13.1 Å². The van der Waals surface area contributed by atoms with Gasteiger partial charge in [-0.3, -0.25) is 4.79 Å². The maximum atomic E-state index is 12.6. The molecule has 1 heterocycles. The minimum atomic E-state index is -1.21. The van der Waals surface area contributed by atoms with E-state index in [9.17, 15) is 9.18 Å². The standard InChI is InChI=1S/C12H22FNO2/c1-9(13)16-10-5-7-14(8-6-10)11(15)12(2,3)4/h9-10H,5-8H2,1-4H3. The Bertz CT molecular complexity index is 240. The summed E-state index contributed by atoms with van der Waals surface area (Å²) in [5.74, 6) is 0.166. The second-order valence-electron chi connectivity index (χ2n) is 5.42. The number of alkyl halides is 1. The first-order valence-corrected chi connectivity index (χ1v) is 5.89. The summed E-state index contributed by atoms with van der Waals surface area (Å²) in [6.45, 7) is 8.50. The largest absolute Gasteiger partial charge is 0.345 e. The number of rotatable bonds is 2. The molecule has 1 saturated heterocycles. The molecule has 0 N–H and O–H groups in total. The molecule has 0 aromatic rings. The fourth-order valence-corrected chi connectivity index (χ4v) is 1.93. The second-order valence-corrected chi connectivity index (χ2v) is 5.42. The first-order chi connectivity index (χ1) is 7.30. The van der Waals surface area contributed by atoms with E-state index in [2.05, 4.69) is 0 Å². The molecule has 1 aliphatic rings. The van der Waals surface area contributed by atoms with Crippen LogP contribution >= 0.6 is 0 Å². The van der Waals surface area contributed by atoms with Crippen LogP contribution in [0.1, 0.15) is 40.5 Å². The second kappa shape index (κ2) is 5.13. The monoisotopic (exact) mass is 231 g/mol. The number of halogens is 1. The van der Waals surface area contributed by atoms with E-state index in [-0.39, 0.29) is 17.4 Å². The topological polar surface area (TPSA) is 29.5 Å². The van der Waals surface area contributed by atoms with Crippen molar-refractivity contribution in [2.45, 2.75) is 53.0 Å². The number of amides is 1. The SMILES string of the molecule is CC(F)OC1CCN(C(=O)C(C)(C)C)CC1. The van der Waals surface area contributed by atoms with E-state index < -0.39 is 6.36 Å². The minimum absolute atomic E-state index is 0.0379. The van der Waals surface area contributed by atoms with Crippen molar-refractivity contribution >= 4 is 5.91 Å². The van der Waals surface area contributed by atoms with Gasteiger partial charge in [-0.15, -0.1) is 0 Å². The molecular weight excluding hydrogens is 209 g/mol. The van der Waals surface area contributed by atoms with Crippen LogP contribution in [0, 0.1) is 5.41 Å². The van der Waals surface area contributed by atoms with E-state index in [1.807, 2.05) is 25.7 Å². The van der Waals surface area contributed by atoms with Crippen LogP contribution in [-0.4, -0.2) is 36.4 Å². The molecule has 1 atom stereocenters. The van der Waals surface area contributed by atoms with Crippen LogP contribution in [-0.2, 0) is 9.53 Å². The Morgan fingerprint density at radius 3 is 2.25 bits per heavy atom. The van der Waals surface area contributed by atoms with Gasteiger partial charge < -0.3 is 9.64 Å². The molecule has 0 spiro atoms. The number of hydrogen-bond donors (Lipinski definition) is 0. The molecule has 0 aromatic carbocycles. The van der Waals surface area contributed by atoms with E-state index in [1.54, 1.807) is 0 Å². The van der Waals surface area contributed by atoms with Gasteiger partial charge >= 0.3 is 0 Å². The lowest BCUT2D eigenvalue weighted by Crippen LogP contribution is -2.45. The Kier molecular flexibility index (Phi) is 4.30. The van der Waals surface area contributed by atoms with Crippen LogP contribution in [0.2, 0.25) is 0 Å². The van der Waals surface area contributed by atoms with Crippen LogP contribution in [0.3, 0.4) is 0 Å². The predicted octanol–water partition coefficient (Wildman–Crippen LogP) is 2.36. The molecule has 1 amide bonds. The van der Waals surface area contributed by atoms with Crippen molar-refractivity contribution in [3.8, 4) is 0 Å². The Labute approximate surface area is 96.9 Å². The van der Waals surface area contributed by atoms with Crippen molar-refractivity contribution < 1.29 is 13.9 Å². The molecule has 0 radical (unpaired) electrons. The fraction of sp³-hybridized carbons (Fsp3) is 0.917. The van der Waals surface area contributed by atoms with Gasteiger partial charge in [0.15, 0.2) is 6.36 Å². The first-order valence-electron chi connectivity index (χ1n) is 5.89. The van der Waals surface area contributed by atoms with E-state index in [1.165, 1.54) is 6.92 Å². The van der Waals surface area contributed by atoms with Gasteiger partial charge in [-0.05, 0) is 19.8 Å². The molecular formula is C12H22FNO2. The van der Waals surface area contributed by atoms with Gasteiger partial charge in [-0.25, -0.2) is 4.39 Å². The normalized spacial score (nSPS) is 20.9. The maximum Gasteiger partial charge on any atom is 0.227 e. The van der Waals surface area contributed by atoms with Gasteiger partial charge in [0.05, 0.1) is 6.10 Å². The predicted molar refractivity (Wildman–Crippen MR) is 60.7 cm³/mol. The maximum absolute atomic E-state index is 12.6. The van der Waals surface area contributed by atoms with Crippen molar-refractivity contribution in [2.24, 2.45) is 5.41 Å². The summed E-state index contributed by atoms with van der Waals surface area (Å²) in [6.07, 6.45) is 0.213. The van der Waals surface area contributed by atoms with E-state index >= 15 is 0 Å². The Balaban J connectivity index is 2.40. The summed E-state index contributed by atoms with van der Waals surface area (Å²) in [6, 6.07) is 0. The van der Waals surface area contributed by atoms with E-state index in [4.69, 9.17) is 4.74 Å². The molecule has 1 fully saturated rings. The third kappa shape index (κ3) is 3.74. The lowest BCUT2D eigenvalue weighted by molar-refractivity contribution is -0.144. The van der Waals surface area contributed by atoms with Crippen LogP contribution in [0.15, 0.2) is 0 Å².